The van der Waals surface area contributed by atoms with Gasteiger partial charge < -0.3 is 4.74 Å². The van der Waals surface area contributed by atoms with E-state index in [0.29, 0.717) is 5.56 Å². The first-order valence-corrected chi connectivity index (χ1v) is 9.65. The Morgan fingerprint density at radius 2 is 1.61 bits per heavy atom. The molecule has 28 heavy (non-hydrogen) atoms. The van der Waals surface area contributed by atoms with Gasteiger partial charge in [0.25, 0.3) is 0 Å². The Morgan fingerprint density at radius 1 is 1.04 bits per heavy atom. The van der Waals surface area contributed by atoms with Gasteiger partial charge in [0.15, 0.2) is 11.6 Å². The van der Waals surface area contributed by atoms with E-state index in [0.717, 1.165) is 4.47 Å². The van der Waals surface area contributed by atoms with Crippen LogP contribution in [0.4, 0.5) is 4.39 Å². The summed E-state index contributed by atoms with van der Waals surface area (Å²) in [4.78, 5) is 38.8. The Hall–Kier alpha value is -2.34. The molecule has 1 aliphatic heterocycles. The summed E-state index contributed by atoms with van der Waals surface area (Å²) in [6.45, 7) is 4.88. The maximum absolute atomic E-state index is 13.3. The zero-order chi connectivity index (χ0) is 20.7. The van der Waals surface area contributed by atoms with E-state index in [9.17, 15) is 18.8 Å². The molecule has 6 heteroatoms. The highest BCUT2D eigenvalue weighted by molar-refractivity contribution is 9.10. The van der Waals surface area contributed by atoms with Crippen molar-refractivity contribution in [2.45, 2.75) is 33.3 Å². The molecule has 146 valence electrons. The lowest BCUT2D eigenvalue weighted by Crippen LogP contribution is -2.54. The number of cyclic esters (lactones) is 1. The van der Waals surface area contributed by atoms with Gasteiger partial charge in [0.2, 0.25) is 0 Å². The first-order chi connectivity index (χ1) is 13.1. The molecule has 2 atom stereocenters. The van der Waals surface area contributed by atoms with Crippen molar-refractivity contribution in [2.75, 3.05) is 0 Å². The number of hydrogen-bond donors (Lipinski definition) is 0. The van der Waals surface area contributed by atoms with E-state index in [1.54, 1.807) is 26.0 Å². The molecule has 2 aromatic carbocycles. The predicted octanol–water partition coefficient (Wildman–Crippen LogP) is 5.06. The Labute approximate surface area is 171 Å². The van der Waals surface area contributed by atoms with Crippen LogP contribution in [0.2, 0.25) is 0 Å². The number of hydrogen-bond acceptors (Lipinski definition) is 4. The van der Waals surface area contributed by atoms with E-state index < -0.39 is 34.5 Å². The number of Topliss-reactive ketones (excluding diaryl/α,β-unsaturated/α-hetero) is 2. The Balaban J connectivity index is 1.90. The summed E-state index contributed by atoms with van der Waals surface area (Å²) < 4.78 is 19.7. The molecule has 0 radical (unpaired) electrons. The van der Waals surface area contributed by atoms with Crippen molar-refractivity contribution in [1.82, 2.24) is 0 Å². The van der Waals surface area contributed by atoms with Crippen molar-refractivity contribution < 1.29 is 23.5 Å². The smallest absolute Gasteiger partial charge is 0.320 e. The quantitative estimate of drug-likeness (QED) is 0.374. The van der Waals surface area contributed by atoms with Crippen molar-refractivity contribution in [2.24, 2.45) is 10.8 Å². The van der Waals surface area contributed by atoms with E-state index in [4.69, 9.17) is 4.74 Å². The Bertz CT molecular complexity index is 934. The van der Waals surface area contributed by atoms with Crippen LogP contribution in [0.15, 0.2) is 53.0 Å². The standard InChI is InChI=1S/C22H20BrFO4/c1-21(2)18(14-4-8-15(23)9-5-14)28-20(27)22(3,19(21)26)12-17(25)13-6-10-16(24)11-7-13/h4-11,18H,12H2,1-3H3/t18-,22+/m0/s1. The summed E-state index contributed by atoms with van der Waals surface area (Å²) in [5.41, 5.74) is -1.65. The Kier molecular flexibility index (Phi) is 5.28. The highest BCUT2D eigenvalue weighted by Gasteiger charge is 2.58. The number of carbonyl (C=O) groups excluding carboxylic acids is 3. The molecular formula is C22H20BrFO4. The number of benzene rings is 2. The zero-order valence-corrected chi connectivity index (χ0v) is 17.4. The summed E-state index contributed by atoms with van der Waals surface area (Å²) in [5, 5.41) is 0. The maximum atomic E-state index is 13.3. The van der Waals surface area contributed by atoms with E-state index >= 15 is 0 Å². The van der Waals surface area contributed by atoms with Crippen LogP contribution in [-0.2, 0) is 14.3 Å². The van der Waals surface area contributed by atoms with Gasteiger partial charge in [-0.1, -0.05) is 28.1 Å². The van der Waals surface area contributed by atoms with Gasteiger partial charge in [0.1, 0.15) is 17.3 Å². The number of rotatable bonds is 4. The number of carbonyl (C=O) groups is 3. The normalized spacial score (nSPS) is 24.0. The molecule has 4 nitrogen and oxygen atoms in total. The van der Waals surface area contributed by atoms with Gasteiger partial charge >= 0.3 is 5.97 Å². The number of ketones is 2. The van der Waals surface area contributed by atoms with Crippen LogP contribution < -0.4 is 0 Å². The average Bonchev–Trinajstić information content (AvgIpc) is 2.65. The highest BCUT2D eigenvalue weighted by Crippen LogP contribution is 2.49. The molecule has 0 aliphatic carbocycles. The van der Waals surface area contributed by atoms with Crippen LogP contribution in [-0.4, -0.2) is 17.5 Å². The van der Waals surface area contributed by atoms with E-state index in [2.05, 4.69) is 15.9 Å². The summed E-state index contributed by atoms with van der Waals surface area (Å²) >= 11 is 3.36. The SMILES string of the molecule is CC1(C)C(=O)[C@@](C)(CC(=O)c2ccc(F)cc2)C(=O)O[C@H]1c1ccc(Br)cc1. The molecule has 0 saturated carbocycles. The molecule has 0 spiro atoms. The molecule has 1 heterocycles. The van der Waals surface area contributed by atoms with Gasteiger partial charge in [-0.3, -0.25) is 14.4 Å². The number of esters is 1. The minimum Gasteiger partial charge on any atom is -0.456 e. The molecule has 2 aromatic rings. The molecule has 3 rings (SSSR count). The van der Waals surface area contributed by atoms with Gasteiger partial charge in [-0.25, -0.2) is 4.39 Å². The van der Waals surface area contributed by atoms with E-state index in [-0.39, 0.29) is 17.8 Å². The van der Waals surface area contributed by atoms with Crippen LogP contribution in [0.25, 0.3) is 0 Å². The van der Waals surface area contributed by atoms with Gasteiger partial charge in [-0.2, -0.15) is 0 Å². The molecule has 0 aromatic heterocycles. The van der Waals surface area contributed by atoms with Crippen molar-refractivity contribution in [1.29, 1.82) is 0 Å². The molecular weight excluding hydrogens is 427 g/mol. The molecule has 0 unspecified atom stereocenters. The highest BCUT2D eigenvalue weighted by atomic mass is 79.9. The third kappa shape index (κ3) is 3.53. The van der Waals surface area contributed by atoms with Gasteiger partial charge in [0.05, 0.1) is 5.41 Å². The van der Waals surface area contributed by atoms with Crippen molar-refractivity contribution in [3.8, 4) is 0 Å². The molecule has 0 amide bonds. The fourth-order valence-corrected chi connectivity index (χ4v) is 3.91. The fraction of sp³-hybridized carbons (Fsp3) is 0.318. The second-order valence-electron chi connectivity index (χ2n) is 7.83. The van der Waals surface area contributed by atoms with E-state index in [1.807, 2.05) is 12.1 Å². The monoisotopic (exact) mass is 446 g/mol. The minimum absolute atomic E-state index is 0.246. The first-order valence-electron chi connectivity index (χ1n) is 8.86. The number of ether oxygens (including phenoxy) is 1. The van der Waals surface area contributed by atoms with Crippen LogP contribution in [0.1, 0.15) is 49.2 Å². The minimum atomic E-state index is -1.60. The van der Waals surface area contributed by atoms with Crippen molar-refractivity contribution in [3.63, 3.8) is 0 Å². The molecule has 1 fully saturated rings. The van der Waals surface area contributed by atoms with Gasteiger partial charge in [-0.15, -0.1) is 0 Å². The van der Waals surface area contributed by atoms with Crippen molar-refractivity contribution in [3.05, 3.63) is 69.9 Å². The predicted molar refractivity (Wildman–Crippen MR) is 105 cm³/mol. The largest absolute Gasteiger partial charge is 0.456 e. The van der Waals surface area contributed by atoms with Crippen LogP contribution >= 0.6 is 15.9 Å². The maximum Gasteiger partial charge on any atom is 0.320 e. The third-order valence-electron chi connectivity index (χ3n) is 5.27. The second kappa shape index (κ2) is 7.24. The Morgan fingerprint density at radius 3 is 2.18 bits per heavy atom. The lowest BCUT2D eigenvalue weighted by molar-refractivity contribution is -0.187. The summed E-state index contributed by atoms with van der Waals surface area (Å²) in [5.74, 6) is -1.94. The van der Waals surface area contributed by atoms with Crippen LogP contribution in [0, 0.1) is 16.6 Å². The summed E-state index contributed by atoms with van der Waals surface area (Å²) in [6, 6.07) is 12.2. The zero-order valence-electron chi connectivity index (χ0n) is 15.8. The number of halogens is 2. The summed E-state index contributed by atoms with van der Waals surface area (Å²) in [6.07, 6.45) is -1.07. The van der Waals surface area contributed by atoms with E-state index in [1.165, 1.54) is 31.2 Å². The molecule has 0 bridgehead atoms. The molecule has 1 aliphatic rings. The van der Waals surface area contributed by atoms with Gasteiger partial charge in [0, 0.05) is 16.5 Å². The lowest BCUT2D eigenvalue weighted by Gasteiger charge is -2.44. The van der Waals surface area contributed by atoms with Gasteiger partial charge in [-0.05, 0) is 62.7 Å². The van der Waals surface area contributed by atoms with Crippen LogP contribution in [0.3, 0.4) is 0 Å². The van der Waals surface area contributed by atoms with Crippen molar-refractivity contribution >= 4 is 33.5 Å². The second-order valence-corrected chi connectivity index (χ2v) is 8.74. The topological polar surface area (TPSA) is 60.4 Å². The summed E-state index contributed by atoms with van der Waals surface area (Å²) in [7, 11) is 0. The first kappa shape index (κ1) is 20.4. The fourth-order valence-electron chi connectivity index (χ4n) is 3.64. The lowest BCUT2D eigenvalue weighted by atomic mass is 9.64. The molecule has 0 N–H and O–H groups in total. The van der Waals surface area contributed by atoms with Crippen LogP contribution in [0.5, 0.6) is 0 Å². The molecule has 1 saturated heterocycles. The third-order valence-corrected chi connectivity index (χ3v) is 5.80. The average molecular weight is 447 g/mol.